The fourth-order valence-corrected chi connectivity index (χ4v) is 10.1. The minimum Gasteiger partial charge on any atom is -0.494 e. The van der Waals surface area contributed by atoms with Gasteiger partial charge in [-0.05, 0) is 114 Å². The molecule has 1 aromatic heterocycles. The van der Waals surface area contributed by atoms with Crippen LogP contribution >= 0.6 is 23.2 Å². The molecule has 2 saturated heterocycles. The molecule has 4 amide bonds. The van der Waals surface area contributed by atoms with Crippen molar-refractivity contribution in [2.45, 2.75) is 63.8 Å². The average molecular weight is 900 g/mol. The van der Waals surface area contributed by atoms with Crippen molar-refractivity contribution in [3.05, 3.63) is 100 Å². The minimum absolute atomic E-state index is 0.0562. The summed E-state index contributed by atoms with van der Waals surface area (Å²) in [6, 6.07) is 18.3. The number of urea groups is 1. The van der Waals surface area contributed by atoms with Crippen LogP contribution in [0.25, 0.3) is 10.9 Å². The zero-order valence-electron chi connectivity index (χ0n) is 37.1. The first-order valence-electron chi connectivity index (χ1n) is 22.7. The SMILES string of the molecule is C=CCN1C[C@H](C(=O)N(CCCN(C)C)C(=O)NCC)C[C@@H]2c3cccc4[nH]cc(c34)C[C@H]21.O=C1CCc2ccc(OCCCCN3CCN(c4cccc(Cl)c4Cl)CC3)cc2N1. The number of ether oxygens (including phenoxy) is 1. The second-order valence-electron chi connectivity index (χ2n) is 17.4. The molecule has 63 heavy (non-hydrogen) atoms. The number of rotatable bonds is 15. The van der Waals surface area contributed by atoms with Crippen molar-refractivity contribution >= 4 is 63.3 Å². The van der Waals surface area contributed by atoms with Gasteiger partial charge in [-0.3, -0.25) is 24.3 Å². The van der Waals surface area contributed by atoms with Crippen molar-refractivity contribution in [1.29, 1.82) is 0 Å². The van der Waals surface area contributed by atoms with Gasteiger partial charge in [0.15, 0.2) is 0 Å². The molecule has 0 radical (unpaired) electrons. The van der Waals surface area contributed by atoms with Crippen LogP contribution in [-0.2, 0) is 22.4 Å². The lowest BCUT2D eigenvalue weighted by molar-refractivity contribution is -0.135. The van der Waals surface area contributed by atoms with E-state index in [2.05, 4.69) is 72.3 Å². The van der Waals surface area contributed by atoms with Crippen LogP contribution in [0.4, 0.5) is 16.2 Å². The van der Waals surface area contributed by atoms with Crippen LogP contribution in [0.15, 0.2) is 73.4 Å². The molecule has 3 aromatic carbocycles. The molecule has 12 nitrogen and oxygen atoms in total. The number of anilines is 2. The lowest BCUT2D eigenvalue weighted by Crippen LogP contribution is -2.55. The number of hydrogen-bond donors (Lipinski definition) is 3. The standard InChI is InChI=1S/C26H37N5O2.C23H27Cl2N3O2/c1-5-11-30-17-19(25(32)31(26(33)27-6-2)13-8-12-29(3)4)14-21-20-9-7-10-22-24(20)18(16-28-22)15-23(21)30;24-19-4-3-5-21(23(19)25)28-13-11-27(12-14-28)10-1-2-15-30-18-8-6-17-7-9-22(29)26-20(17)16-18/h5,7,9-10,16,19,21,23,28H,1,6,8,11-15,17H2,2-4H3,(H,27,33);3-6,8,16H,1-2,7,9-15H2,(H,26,29)/t19-,21-,23-;/m1./s1. The third kappa shape index (κ3) is 11.4. The number of benzene rings is 3. The summed E-state index contributed by atoms with van der Waals surface area (Å²) in [7, 11) is 4.01. The van der Waals surface area contributed by atoms with Gasteiger partial charge < -0.3 is 30.2 Å². The molecule has 2 fully saturated rings. The van der Waals surface area contributed by atoms with Crippen LogP contribution in [0.2, 0.25) is 10.0 Å². The number of H-pyrrole nitrogens is 1. The molecule has 3 aliphatic heterocycles. The second kappa shape index (κ2) is 21.9. The minimum atomic E-state index is -0.280. The summed E-state index contributed by atoms with van der Waals surface area (Å²) in [5.41, 5.74) is 6.94. The molecule has 0 bridgehead atoms. The van der Waals surface area contributed by atoms with E-state index in [1.165, 1.54) is 27.0 Å². The molecule has 3 atom stereocenters. The first kappa shape index (κ1) is 46.4. The molecule has 4 aromatic rings. The molecule has 0 unspecified atom stereocenters. The maximum absolute atomic E-state index is 13.7. The molecule has 0 spiro atoms. The molecule has 0 saturated carbocycles. The smallest absolute Gasteiger partial charge is 0.324 e. The Morgan fingerprint density at radius 2 is 1.79 bits per heavy atom. The normalized spacial score (nSPS) is 19.7. The van der Waals surface area contributed by atoms with Crippen molar-refractivity contribution in [2.24, 2.45) is 5.92 Å². The Labute approximate surface area is 382 Å². The molecule has 338 valence electrons. The third-order valence-electron chi connectivity index (χ3n) is 12.9. The second-order valence-corrected chi connectivity index (χ2v) is 18.2. The van der Waals surface area contributed by atoms with Gasteiger partial charge in [-0.2, -0.15) is 0 Å². The van der Waals surface area contributed by atoms with Crippen LogP contribution in [0.1, 0.15) is 61.6 Å². The quantitative estimate of drug-likeness (QED) is 0.0812. The number of halogens is 2. The fourth-order valence-electron chi connectivity index (χ4n) is 9.69. The Hall–Kier alpha value is -4.59. The Morgan fingerprint density at radius 3 is 2.57 bits per heavy atom. The molecule has 4 aliphatic rings. The van der Waals surface area contributed by atoms with Crippen molar-refractivity contribution in [3.63, 3.8) is 0 Å². The first-order valence-corrected chi connectivity index (χ1v) is 23.4. The molecular weight excluding hydrogens is 835 g/mol. The zero-order chi connectivity index (χ0) is 44.5. The van der Waals surface area contributed by atoms with Gasteiger partial charge >= 0.3 is 6.03 Å². The number of amides is 4. The number of likely N-dealkylation sites (tertiary alicyclic amines) is 1. The number of carbonyl (C=O) groups excluding carboxylic acids is 3. The Balaban J connectivity index is 0.000000190. The van der Waals surface area contributed by atoms with Gasteiger partial charge in [0.1, 0.15) is 5.75 Å². The number of hydrogen-bond acceptors (Lipinski definition) is 8. The molecule has 4 heterocycles. The highest BCUT2D eigenvalue weighted by molar-refractivity contribution is 6.43. The van der Waals surface area contributed by atoms with Crippen molar-refractivity contribution in [2.75, 3.05) is 96.4 Å². The van der Waals surface area contributed by atoms with Gasteiger partial charge in [-0.15, -0.1) is 6.58 Å². The largest absolute Gasteiger partial charge is 0.494 e. The number of nitrogens with zero attached hydrogens (tertiary/aromatic N) is 5. The lowest BCUT2D eigenvalue weighted by atomic mass is 9.72. The van der Waals surface area contributed by atoms with Crippen molar-refractivity contribution in [3.8, 4) is 5.75 Å². The van der Waals surface area contributed by atoms with Crippen molar-refractivity contribution in [1.82, 2.24) is 29.9 Å². The predicted octanol–water partition coefficient (Wildman–Crippen LogP) is 8.05. The number of aromatic nitrogens is 1. The van der Waals surface area contributed by atoms with E-state index in [4.69, 9.17) is 27.9 Å². The monoisotopic (exact) mass is 898 g/mol. The van der Waals surface area contributed by atoms with Gasteiger partial charge in [0.05, 0.1) is 28.3 Å². The van der Waals surface area contributed by atoms with E-state index in [-0.39, 0.29) is 29.7 Å². The van der Waals surface area contributed by atoms with E-state index in [9.17, 15) is 14.4 Å². The van der Waals surface area contributed by atoms with Crippen LogP contribution in [0.5, 0.6) is 5.75 Å². The van der Waals surface area contributed by atoms with Crippen LogP contribution in [0, 0.1) is 5.92 Å². The Kier molecular flexibility index (Phi) is 16.1. The first-order chi connectivity index (χ1) is 30.5. The topological polar surface area (TPSA) is 116 Å². The van der Waals surface area contributed by atoms with Gasteiger partial charge in [0, 0.05) is 99.6 Å². The average Bonchev–Trinajstić information content (AvgIpc) is 3.70. The van der Waals surface area contributed by atoms with Crippen LogP contribution in [0.3, 0.4) is 0 Å². The maximum atomic E-state index is 13.7. The number of unbranched alkanes of at least 4 members (excludes halogenated alkanes) is 1. The molecule has 14 heteroatoms. The number of imide groups is 1. The van der Waals surface area contributed by atoms with E-state index in [1.807, 2.05) is 57.4 Å². The number of piperidine rings is 1. The highest BCUT2D eigenvalue weighted by atomic mass is 35.5. The van der Waals surface area contributed by atoms with Crippen molar-refractivity contribution < 1.29 is 19.1 Å². The highest BCUT2D eigenvalue weighted by Crippen LogP contribution is 2.45. The Morgan fingerprint density at radius 1 is 0.984 bits per heavy atom. The molecule has 3 N–H and O–H groups in total. The van der Waals surface area contributed by atoms with Crippen LogP contribution in [-0.4, -0.2) is 135 Å². The van der Waals surface area contributed by atoms with E-state index in [0.29, 0.717) is 48.7 Å². The number of carbonyl (C=O) groups is 3. The fraction of sp³-hybridized carbons (Fsp3) is 0.490. The summed E-state index contributed by atoms with van der Waals surface area (Å²) >= 11 is 12.5. The number of nitrogens with one attached hydrogen (secondary N) is 3. The summed E-state index contributed by atoms with van der Waals surface area (Å²) < 4.78 is 5.89. The van der Waals surface area contributed by atoms with Gasteiger partial charge in [-0.1, -0.05) is 53.5 Å². The van der Waals surface area contributed by atoms with Gasteiger partial charge in [0.2, 0.25) is 11.8 Å². The van der Waals surface area contributed by atoms with E-state index in [0.717, 1.165) is 107 Å². The number of fused-ring (bicyclic) bond motifs is 3. The van der Waals surface area contributed by atoms with E-state index in [1.54, 1.807) is 0 Å². The lowest BCUT2D eigenvalue weighted by Gasteiger charge is -2.47. The van der Waals surface area contributed by atoms with Gasteiger partial charge in [-0.25, -0.2) is 4.79 Å². The number of aryl methyl sites for hydroxylation is 1. The molecule has 8 rings (SSSR count). The maximum Gasteiger partial charge on any atom is 0.324 e. The Bertz CT molecular complexity index is 2220. The summed E-state index contributed by atoms with van der Waals surface area (Å²) in [6.07, 6.45) is 10.0. The zero-order valence-corrected chi connectivity index (χ0v) is 38.7. The predicted molar refractivity (Wildman–Crippen MR) is 256 cm³/mol. The molecule has 1 aliphatic carbocycles. The number of aromatic amines is 1. The summed E-state index contributed by atoms with van der Waals surface area (Å²) in [5.74, 6) is 0.890. The number of piperazine rings is 1. The highest BCUT2D eigenvalue weighted by Gasteiger charge is 2.44. The summed E-state index contributed by atoms with van der Waals surface area (Å²) in [6.45, 7) is 14.7. The van der Waals surface area contributed by atoms with Crippen LogP contribution < -0.4 is 20.3 Å². The summed E-state index contributed by atoms with van der Waals surface area (Å²) in [4.78, 5) is 52.3. The van der Waals surface area contributed by atoms with E-state index >= 15 is 0 Å². The van der Waals surface area contributed by atoms with E-state index < -0.39 is 0 Å². The third-order valence-corrected chi connectivity index (χ3v) is 13.7. The summed E-state index contributed by atoms with van der Waals surface area (Å²) in [5, 5.41) is 8.33. The molecular formula is C49H64Cl2N8O4. The van der Waals surface area contributed by atoms with Gasteiger partial charge in [0.25, 0.3) is 0 Å².